The zero-order chi connectivity index (χ0) is 16.7. The molecule has 5 atom stereocenters. The Kier molecular flexibility index (Phi) is 4.21. The SMILES string of the molecule is CC[C@H]1C[N@]2CC[C@H]1C[C@@H]2[C@H](C)c1ccnc2ccc(OC)cc12. The number of ether oxygens (including phenoxy) is 1. The Morgan fingerprint density at radius 3 is 2.92 bits per heavy atom. The number of hydrogen-bond donors (Lipinski definition) is 0. The molecule has 2 aromatic rings. The Hall–Kier alpha value is -1.61. The highest BCUT2D eigenvalue weighted by Crippen LogP contribution is 2.43. The molecule has 1 aromatic heterocycles. The van der Waals surface area contributed by atoms with Crippen molar-refractivity contribution in [2.45, 2.75) is 45.1 Å². The van der Waals surface area contributed by atoms with Crippen LogP contribution in [0.15, 0.2) is 30.5 Å². The van der Waals surface area contributed by atoms with Gasteiger partial charge in [-0.05, 0) is 67.0 Å². The fraction of sp³-hybridized carbons (Fsp3) is 0.571. The molecular formula is C21H28N2O. The van der Waals surface area contributed by atoms with Gasteiger partial charge in [-0.15, -0.1) is 0 Å². The molecule has 0 amide bonds. The van der Waals surface area contributed by atoms with Gasteiger partial charge in [0, 0.05) is 24.2 Å². The molecule has 24 heavy (non-hydrogen) atoms. The lowest BCUT2D eigenvalue weighted by atomic mass is 9.71. The predicted octanol–water partition coefficient (Wildman–Crippen LogP) is 4.47. The number of piperidine rings is 3. The van der Waals surface area contributed by atoms with Gasteiger partial charge in [0.15, 0.2) is 0 Å². The second kappa shape index (κ2) is 6.36. The number of nitrogens with zero attached hydrogens (tertiary/aromatic N) is 2. The summed E-state index contributed by atoms with van der Waals surface area (Å²) >= 11 is 0. The van der Waals surface area contributed by atoms with Crippen molar-refractivity contribution in [2.75, 3.05) is 20.2 Å². The van der Waals surface area contributed by atoms with Crippen LogP contribution in [0, 0.1) is 11.8 Å². The normalized spacial score (nSPS) is 30.5. The van der Waals surface area contributed by atoms with Crippen LogP contribution in [0.2, 0.25) is 0 Å². The number of aromatic nitrogens is 1. The van der Waals surface area contributed by atoms with Gasteiger partial charge in [-0.1, -0.05) is 20.3 Å². The number of fused-ring (bicyclic) bond motifs is 4. The Morgan fingerprint density at radius 2 is 2.21 bits per heavy atom. The molecule has 3 aliphatic heterocycles. The minimum atomic E-state index is 0.531. The van der Waals surface area contributed by atoms with Gasteiger partial charge in [-0.3, -0.25) is 9.88 Å². The van der Waals surface area contributed by atoms with Gasteiger partial charge in [0.05, 0.1) is 12.6 Å². The van der Waals surface area contributed by atoms with Crippen LogP contribution in [-0.2, 0) is 0 Å². The lowest BCUT2D eigenvalue weighted by Crippen LogP contribution is -2.54. The van der Waals surface area contributed by atoms with Gasteiger partial charge < -0.3 is 4.74 Å². The number of methoxy groups -OCH3 is 1. The lowest BCUT2D eigenvalue weighted by Gasteiger charge is -2.52. The zero-order valence-corrected chi connectivity index (χ0v) is 15.0. The van der Waals surface area contributed by atoms with Crippen molar-refractivity contribution in [1.82, 2.24) is 9.88 Å². The van der Waals surface area contributed by atoms with Crippen molar-refractivity contribution in [1.29, 1.82) is 0 Å². The van der Waals surface area contributed by atoms with Crippen molar-refractivity contribution in [2.24, 2.45) is 11.8 Å². The second-order valence-electron chi connectivity index (χ2n) is 7.59. The minimum Gasteiger partial charge on any atom is -0.497 e. The van der Waals surface area contributed by atoms with E-state index in [2.05, 4.69) is 41.9 Å². The molecule has 0 aliphatic carbocycles. The van der Waals surface area contributed by atoms with E-state index in [0.717, 1.165) is 23.1 Å². The van der Waals surface area contributed by atoms with E-state index in [4.69, 9.17) is 4.74 Å². The third-order valence-electron chi connectivity index (χ3n) is 6.51. The molecule has 128 valence electrons. The van der Waals surface area contributed by atoms with Crippen LogP contribution in [0.25, 0.3) is 10.9 Å². The highest BCUT2D eigenvalue weighted by Gasteiger charge is 2.41. The molecule has 3 aliphatic rings. The topological polar surface area (TPSA) is 25.4 Å². The van der Waals surface area contributed by atoms with E-state index >= 15 is 0 Å². The number of rotatable bonds is 4. The van der Waals surface area contributed by atoms with E-state index in [-0.39, 0.29) is 0 Å². The summed E-state index contributed by atoms with van der Waals surface area (Å²) in [6.07, 6.45) is 6.05. The summed E-state index contributed by atoms with van der Waals surface area (Å²) in [6, 6.07) is 9.11. The molecule has 0 radical (unpaired) electrons. The first kappa shape index (κ1) is 15.9. The molecule has 1 aromatic carbocycles. The maximum Gasteiger partial charge on any atom is 0.119 e. The molecule has 0 unspecified atom stereocenters. The highest BCUT2D eigenvalue weighted by molar-refractivity contribution is 5.84. The van der Waals surface area contributed by atoms with Crippen LogP contribution >= 0.6 is 0 Å². The van der Waals surface area contributed by atoms with Gasteiger partial charge in [-0.2, -0.15) is 0 Å². The van der Waals surface area contributed by atoms with Crippen LogP contribution in [0.4, 0.5) is 0 Å². The first-order valence-electron chi connectivity index (χ1n) is 9.38. The maximum absolute atomic E-state index is 5.44. The highest BCUT2D eigenvalue weighted by atomic mass is 16.5. The van der Waals surface area contributed by atoms with E-state index in [9.17, 15) is 0 Å². The van der Waals surface area contributed by atoms with Crippen molar-refractivity contribution in [3.05, 3.63) is 36.0 Å². The van der Waals surface area contributed by atoms with E-state index in [1.54, 1.807) is 7.11 Å². The van der Waals surface area contributed by atoms with E-state index in [1.807, 2.05) is 12.3 Å². The molecule has 0 spiro atoms. The molecular weight excluding hydrogens is 296 g/mol. The van der Waals surface area contributed by atoms with Crippen LogP contribution in [-0.4, -0.2) is 36.1 Å². The van der Waals surface area contributed by atoms with Crippen molar-refractivity contribution in [3.8, 4) is 5.75 Å². The standard InChI is InChI=1S/C21H28N2O/c1-4-15-13-23-10-8-16(15)11-21(23)14(2)18-7-9-22-20-6-5-17(24-3)12-19(18)20/h5-7,9,12,14-16,21H,4,8,10-11,13H2,1-3H3/t14-,15+,16+,21-/m1/s1. The van der Waals surface area contributed by atoms with Crippen molar-refractivity contribution in [3.63, 3.8) is 0 Å². The number of hydrogen-bond acceptors (Lipinski definition) is 3. The predicted molar refractivity (Wildman–Crippen MR) is 98.6 cm³/mol. The molecule has 3 saturated heterocycles. The Balaban J connectivity index is 1.68. The van der Waals surface area contributed by atoms with E-state index in [0.29, 0.717) is 12.0 Å². The Labute approximate surface area is 145 Å². The Morgan fingerprint density at radius 1 is 1.33 bits per heavy atom. The van der Waals surface area contributed by atoms with E-state index in [1.165, 1.54) is 43.3 Å². The van der Waals surface area contributed by atoms with Crippen LogP contribution in [0.5, 0.6) is 5.75 Å². The summed E-state index contributed by atoms with van der Waals surface area (Å²) in [5, 5.41) is 1.25. The van der Waals surface area contributed by atoms with Crippen LogP contribution < -0.4 is 4.74 Å². The quantitative estimate of drug-likeness (QED) is 0.830. The first-order valence-corrected chi connectivity index (χ1v) is 9.38. The average molecular weight is 324 g/mol. The van der Waals surface area contributed by atoms with E-state index < -0.39 is 0 Å². The van der Waals surface area contributed by atoms with Gasteiger partial charge in [0.2, 0.25) is 0 Å². The summed E-state index contributed by atoms with van der Waals surface area (Å²) in [5.74, 6) is 3.29. The van der Waals surface area contributed by atoms with Crippen molar-refractivity contribution < 1.29 is 4.74 Å². The monoisotopic (exact) mass is 324 g/mol. The van der Waals surface area contributed by atoms with Gasteiger partial charge in [-0.25, -0.2) is 0 Å². The largest absolute Gasteiger partial charge is 0.497 e. The average Bonchev–Trinajstić information content (AvgIpc) is 2.66. The summed E-state index contributed by atoms with van der Waals surface area (Å²) in [6.45, 7) is 7.33. The van der Waals surface area contributed by atoms with Crippen LogP contribution in [0.1, 0.15) is 44.6 Å². The molecule has 0 saturated carbocycles. The first-order chi connectivity index (χ1) is 11.7. The molecule has 4 heterocycles. The smallest absolute Gasteiger partial charge is 0.119 e. The number of benzene rings is 1. The lowest BCUT2D eigenvalue weighted by molar-refractivity contribution is -0.00896. The fourth-order valence-corrected chi connectivity index (χ4v) is 5.04. The van der Waals surface area contributed by atoms with Gasteiger partial charge >= 0.3 is 0 Å². The van der Waals surface area contributed by atoms with Crippen LogP contribution in [0.3, 0.4) is 0 Å². The molecule has 5 rings (SSSR count). The molecule has 0 N–H and O–H groups in total. The third-order valence-corrected chi connectivity index (χ3v) is 6.51. The summed E-state index contributed by atoms with van der Waals surface area (Å²) in [4.78, 5) is 7.30. The van der Waals surface area contributed by atoms with Gasteiger partial charge in [0.25, 0.3) is 0 Å². The van der Waals surface area contributed by atoms with Gasteiger partial charge in [0.1, 0.15) is 5.75 Å². The second-order valence-corrected chi connectivity index (χ2v) is 7.59. The minimum absolute atomic E-state index is 0.531. The number of pyridine rings is 1. The Bertz CT molecular complexity index is 729. The van der Waals surface area contributed by atoms with Crippen molar-refractivity contribution >= 4 is 10.9 Å². The summed E-state index contributed by atoms with van der Waals surface area (Å²) < 4.78 is 5.44. The fourth-order valence-electron chi connectivity index (χ4n) is 5.04. The summed E-state index contributed by atoms with van der Waals surface area (Å²) in [5.41, 5.74) is 2.49. The molecule has 3 fully saturated rings. The summed E-state index contributed by atoms with van der Waals surface area (Å²) in [7, 11) is 1.73. The zero-order valence-electron chi connectivity index (χ0n) is 15.0. The third kappa shape index (κ3) is 2.59. The molecule has 3 nitrogen and oxygen atoms in total. The molecule has 2 bridgehead atoms. The molecule has 3 heteroatoms. The maximum atomic E-state index is 5.44.